The Morgan fingerprint density at radius 1 is 1.12 bits per heavy atom. The average molecular weight is 224 g/mol. The third-order valence-electron chi connectivity index (χ3n) is 3.08. The van der Waals surface area contributed by atoms with Gasteiger partial charge in [0.05, 0.1) is 0 Å². The normalized spacial score (nSPS) is 16.8. The lowest BCUT2D eigenvalue weighted by Gasteiger charge is -2.30. The highest BCUT2D eigenvalue weighted by Crippen LogP contribution is 2.37. The Morgan fingerprint density at radius 3 is 2.71 bits per heavy atom. The van der Waals surface area contributed by atoms with Crippen LogP contribution in [0.1, 0.15) is 27.6 Å². The van der Waals surface area contributed by atoms with Crippen LogP contribution in [0.5, 0.6) is 5.75 Å². The largest absolute Gasteiger partial charge is 0.485 e. The fourth-order valence-corrected chi connectivity index (χ4v) is 2.12. The molecule has 0 fully saturated rings. The fourth-order valence-electron chi connectivity index (χ4n) is 2.12. The van der Waals surface area contributed by atoms with Crippen LogP contribution in [0.3, 0.4) is 0 Å². The van der Waals surface area contributed by atoms with Crippen molar-refractivity contribution in [1.29, 1.82) is 0 Å². The van der Waals surface area contributed by atoms with E-state index in [9.17, 15) is 4.79 Å². The van der Waals surface area contributed by atoms with E-state index in [-0.39, 0.29) is 6.10 Å². The number of para-hydroxylation sites is 1. The number of carbonyl (C=O) groups is 1. The van der Waals surface area contributed by atoms with E-state index in [4.69, 9.17) is 4.74 Å². The number of carbonyl (C=O) groups excluding carboxylic acids is 1. The molecule has 2 nitrogen and oxygen atoms in total. The standard InChI is InChI=1S/C15H12O2/c16-10-11-6-7-12-9-15(14(12)8-11)17-13-4-2-1-3-5-13/h1-8,10,15H,9H2. The molecule has 1 atom stereocenters. The topological polar surface area (TPSA) is 26.3 Å². The summed E-state index contributed by atoms with van der Waals surface area (Å²) in [6, 6.07) is 15.5. The first kappa shape index (κ1) is 10.1. The van der Waals surface area contributed by atoms with Crippen molar-refractivity contribution in [2.24, 2.45) is 0 Å². The number of ether oxygens (including phenoxy) is 1. The van der Waals surface area contributed by atoms with Crippen molar-refractivity contribution in [2.45, 2.75) is 12.5 Å². The highest BCUT2D eigenvalue weighted by atomic mass is 16.5. The minimum Gasteiger partial charge on any atom is -0.485 e. The number of rotatable bonds is 3. The van der Waals surface area contributed by atoms with Gasteiger partial charge in [-0.1, -0.05) is 30.3 Å². The first-order valence-corrected chi connectivity index (χ1v) is 5.66. The van der Waals surface area contributed by atoms with E-state index in [1.54, 1.807) is 0 Å². The molecular formula is C15H12O2. The Bertz CT molecular complexity index is 546. The Labute approximate surface area is 99.9 Å². The van der Waals surface area contributed by atoms with Gasteiger partial charge in [0, 0.05) is 12.0 Å². The van der Waals surface area contributed by atoms with Crippen LogP contribution in [0.2, 0.25) is 0 Å². The minimum absolute atomic E-state index is 0.0901. The molecular weight excluding hydrogens is 212 g/mol. The smallest absolute Gasteiger partial charge is 0.150 e. The quantitative estimate of drug-likeness (QED) is 0.748. The van der Waals surface area contributed by atoms with E-state index in [0.29, 0.717) is 5.56 Å². The Hall–Kier alpha value is -2.09. The zero-order chi connectivity index (χ0) is 11.7. The maximum Gasteiger partial charge on any atom is 0.150 e. The maximum atomic E-state index is 10.7. The Balaban J connectivity index is 1.82. The van der Waals surface area contributed by atoms with Gasteiger partial charge >= 0.3 is 0 Å². The van der Waals surface area contributed by atoms with Crippen molar-refractivity contribution in [1.82, 2.24) is 0 Å². The molecule has 17 heavy (non-hydrogen) atoms. The Kier molecular flexibility index (Phi) is 2.41. The van der Waals surface area contributed by atoms with E-state index in [1.165, 1.54) is 5.56 Å². The predicted molar refractivity (Wildman–Crippen MR) is 65.3 cm³/mol. The average Bonchev–Trinajstić information content (AvgIpc) is 2.37. The van der Waals surface area contributed by atoms with E-state index < -0.39 is 0 Å². The molecule has 84 valence electrons. The molecule has 2 aromatic carbocycles. The summed E-state index contributed by atoms with van der Waals surface area (Å²) in [6.07, 6.45) is 1.88. The van der Waals surface area contributed by atoms with Gasteiger partial charge in [0.2, 0.25) is 0 Å². The van der Waals surface area contributed by atoms with Crippen molar-refractivity contribution in [3.63, 3.8) is 0 Å². The molecule has 0 heterocycles. The molecule has 0 saturated heterocycles. The number of hydrogen-bond donors (Lipinski definition) is 0. The Morgan fingerprint density at radius 2 is 1.94 bits per heavy atom. The van der Waals surface area contributed by atoms with Crippen LogP contribution < -0.4 is 4.74 Å². The summed E-state index contributed by atoms with van der Waals surface area (Å²) in [5.74, 6) is 0.875. The molecule has 1 aliphatic rings. The van der Waals surface area contributed by atoms with E-state index >= 15 is 0 Å². The van der Waals surface area contributed by atoms with Gasteiger partial charge in [0.25, 0.3) is 0 Å². The molecule has 0 aliphatic heterocycles. The summed E-state index contributed by atoms with van der Waals surface area (Å²) in [7, 11) is 0. The monoisotopic (exact) mass is 224 g/mol. The van der Waals surface area contributed by atoms with Gasteiger partial charge in [-0.2, -0.15) is 0 Å². The number of fused-ring (bicyclic) bond motifs is 1. The molecule has 2 aromatic rings. The molecule has 1 aliphatic carbocycles. The lowest BCUT2D eigenvalue weighted by atomic mass is 9.84. The van der Waals surface area contributed by atoms with Gasteiger partial charge in [-0.3, -0.25) is 4.79 Å². The van der Waals surface area contributed by atoms with Crippen LogP contribution in [0.25, 0.3) is 0 Å². The molecule has 0 amide bonds. The molecule has 3 rings (SSSR count). The number of aldehydes is 1. The van der Waals surface area contributed by atoms with Crippen LogP contribution in [-0.2, 0) is 6.42 Å². The lowest BCUT2D eigenvalue weighted by Crippen LogP contribution is -2.22. The van der Waals surface area contributed by atoms with Gasteiger partial charge < -0.3 is 4.74 Å². The van der Waals surface area contributed by atoms with Crippen LogP contribution in [0.15, 0.2) is 48.5 Å². The van der Waals surface area contributed by atoms with Crippen molar-refractivity contribution >= 4 is 6.29 Å². The van der Waals surface area contributed by atoms with Crippen LogP contribution in [0, 0.1) is 0 Å². The summed E-state index contributed by atoms with van der Waals surface area (Å²) < 4.78 is 5.86. The van der Waals surface area contributed by atoms with Gasteiger partial charge in [-0.05, 0) is 29.3 Å². The van der Waals surface area contributed by atoms with Crippen LogP contribution in [-0.4, -0.2) is 6.29 Å². The maximum absolute atomic E-state index is 10.7. The summed E-state index contributed by atoms with van der Waals surface area (Å²) in [6.45, 7) is 0. The zero-order valence-electron chi connectivity index (χ0n) is 9.30. The minimum atomic E-state index is 0.0901. The van der Waals surface area contributed by atoms with Crippen LogP contribution in [0.4, 0.5) is 0 Å². The second-order valence-electron chi connectivity index (χ2n) is 4.20. The summed E-state index contributed by atoms with van der Waals surface area (Å²) in [4.78, 5) is 10.7. The van der Waals surface area contributed by atoms with E-state index in [2.05, 4.69) is 0 Å². The zero-order valence-corrected chi connectivity index (χ0v) is 9.30. The van der Waals surface area contributed by atoms with Gasteiger partial charge in [-0.25, -0.2) is 0 Å². The second-order valence-corrected chi connectivity index (χ2v) is 4.20. The third kappa shape index (κ3) is 1.82. The molecule has 0 N–H and O–H groups in total. The molecule has 0 bridgehead atoms. The van der Waals surface area contributed by atoms with Gasteiger partial charge in [-0.15, -0.1) is 0 Å². The van der Waals surface area contributed by atoms with E-state index in [1.807, 2.05) is 48.5 Å². The molecule has 0 saturated carbocycles. The van der Waals surface area contributed by atoms with Crippen molar-refractivity contribution in [3.8, 4) is 5.75 Å². The predicted octanol–water partition coefficient (Wildman–Crippen LogP) is 3.18. The fraction of sp³-hybridized carbons (Fsp3) is 0.133. The number of benzene rings is 2. The first-order valence-electron chi connectivity index (χ1n) is 5.66. The molecule has 0 aromatic heterocycles. The SMILES string of the molecule is O=Cc1ccc2c(c1)C(Oc1ccccc1)C2. The van der Waals surface area contributed by atoms with Crippen molar-refractivity contribution in [2.75, 3.05) is 0 Å². The molecule has 0 spiro atoms. The lowest BCUT2D eigenvalue weighted by molar-refractivity contribution is 0.112. The summed E-state index contributed by atoms with van der Waals surface area (Å²) in [5, 5.41) is 0. The molecule has 1 unspecified atom stereocenters. The first-order chi connectivity index (χ1) is 8.36. The molecule has 0 radical (unpaired) electrons. The summed E-state index contributed by atoms with van der Waals surface area (Å²) >= 11 is 0. The third-order valence-corrected chi connectivity index (χ3v) is 3.08. The van der Waals surface area contributed by atoms with Crippen LogP contribution >= 0.6 is 0 Å². The van der Waals surface area contributed by atoms with Gasteiger partial charge in [0.15, 0.2) is 0 Å². The second kappa shape index (κ2) is 4.06. The van der Waals surface area contributed by atoms with Crippen molar-refractivity contribution < 1.29 is 9.53 Å². The van der Waals surface area contributed by atoms with Crippen molar-refractivity contribution in [3.05, 3.63) is 65.2 Å². The van der Waals surface area contributed by atoms with Gasteiger partial charge in [0.1, 0.15) is 18.1 Å². The highest BCUT2D eigenvalue weighted by molar-refractivity contribution is 5.75. The highest BCUT2D eigenvalue weighted by Gasteiger charge is 2.27. The summed E-state index contributed by atoms with van der Waals surface area (Å²) in [5.41, 5.74) is 3.13. The molecule has 2 heteroatoms. The number of hydrogen-bond acceptors (Lipinski definition) is 2. The van der Waals surface area contributed by atoms with E-state index in [0.717, 1.165) is 24.0 Å².